The first kappa shape index (κ1) is 23.5. The Bertz CT molecular complexity index is 1110. The number of amides is 1. The van der Waals surface area contributed by atoms with Gasteiger partial charge in [-0.25, -0.2) is 13.2 Å². The average molecular weight is 481 g/mol. The third kappa shape index (κ3) is 5.36. The minimum Gasteiger partial charge on any atom is -0.477 e. The molecule has 2 aromatic heterocycles. The van der Waals surface area contributed by atoms with Crippen molar-refractivity contribution in [2.24, 2.45) is 5.41 Å². The molecule has 2 aromatic rings. The summed E-state index contributed by atoms with van der Waals surface area (Å²) in [6.45, 7) is 6.41. The Labute approximate surface area is 190 Å². The lowest BCUT2D eigenvalue weighted by atomic mass is 9.98. The van der Waals surface area contributed by atoms with Crippen LogP contribution in [-0.2, 0) is 14.8 Å². The van der Waals surface area contributed by atoms with Crippen LogP contribution < -0.4 is 4.90 Å². The number of carboxylic acid groups (broad SMARTS) is 1. The van der Waals surface area contributed by atoms with Gasteiger partial charge in [-0.1, -0.05) is 17.9 Å². The van der Waals surface area contributed by atoms with Crippen LogP contribution in [0.15, 0.2) is 27.8 Å². The molecular weight excluding hydrogens is 456 g/mol. The van der Waals surface area contributed by atoms with Crippen molar-refractivity contribution in [1.29, 1.82) is 0 Å². The third-order valence-corrected chi connectivity index (χ3v) is 9.06. The molecule has 1 amide bonds. The van der Waals surface area contributed by atoms with Gasteiger partial charge in [0.15, 0.2) is 0 Å². The van der Waals surface area contributed by atoms with Crippen LogP contribution in [0.1, 0.15) is 48.2 Å². The molecule has 1 saturated heterocycles. The summed E-state index contributed by atoms with van der Waals surface area (Å²) in [6.07, 6.45) is 1.46. The van der Waals surface area contributed by atoms with Crippen molar-refractivity contribution in [1.82, 2.24) is 4.31 Å². The van der Waals surface area contributed by atoms with Gasteiger partial charge in [0.2, 0.25) is 6.41 Å². The molecule has 10 heteroatoms. The number of aromatic carboxylic acids is 1. The Morgan fingerprint density at radius 3 is 2.52 bits per heavy atom. The summed E-state index contributed by atoms with van der Waals surface area (Å²) < 4.78 is 27.2. The largest absolute Gasteiger partial charge is 0.477 e. The summed E-state index contributed by atoms with van der Waals surface area (Å²) in [5.74, 6) is 4.96. The minimum absolute atomic E-state index is 0.0546. The molecule has 3 heterocycles. The van der Waals surface area contributed by atoms with Crippen LogP contribution in [0.4, 0.5) is 5.69 Å². The highest BCUT2D eigenvalue weighted by atomic mass is 32.2. The Kier molecular flexibility index (Phi) is 6.91. The fourth-order valence-corrected chi connectivity index (χ4v) is 6.74. The van der Waals surface area contributed by atoms with E-state index in [2.05, 4.69) is 11.8 Å². The van der Waals surface area contributed by atoms with Gasteiger partial charge in [0.1, 0.15) is 9.09 Å². The Balaban J connectivity index is 1.81. The molecule has 0 saturated carbocycles. The number of piperidine rings is 1. The van der Waals surface area contributed by atoms with Crippen molar-refractivity contribution >= 4 is 50.8 Å². The van der Waals surface area contributed by atoms with Crippen molar-refractivity contribution in [3.05, 3.63) is 33.3 Å². The molecule has 1 aliphatic rings. The highest BCUT2D eigenvalue weighted by Gasteiger charge is 2.34. The number of carboxylic acids is 1. The van der Waals surface area contributed by atoms with Crippen molar-refractivity contribution < 1.29 is 23.1 Å². The maximum Gasteiger partial charge on any atom is 0.348 e. The average Bonchev–Trinajstić information content (AvgIpc) is 3.38. The molecule has 1 fully saturated rings. The van der Waals surface area contributed by atoms with Gasteiger partial charge in [0, 0.05) is 24.5 Å². The first-order valence-electron chi connectivity index (χ1n) is 9.70. The lowest BCUT2D eigenvalue weighted by molar-refractivity contribution is -0.108. The molecule has 0 spiro atoms. The number of rotatable bonds is 6. The fraction of sp³-hybridized carbons (Fsp3) is 0.429. The van der Waals surface area contributed by atoms with E-state index in [1.807, 2.05) is 20.8 Å². The summed E-state index contributed by atoms with van der Waals surface area (Å²) in [7, 11) is -3.54. The molecule has 0 unspecified atom stereocenters. The SMILES string of the molecule is CC(C)(C)C#Cc1cc(N(C=O)C2CCN(S(=O)(=O)c3cccs3)CC2)c(C(=O)O)s1. The van der Waals surface area contributed by atoms with Gasteiger partial charge in [0.05, 0.1) is 10.6 Å². The molecule has 7 nitrogen and oxygen atoms in total. The zero-order chi connectivity index (χ0) is 22.8. The van der Waals surface area contributed by atoms with E-state index in [0.717, 1.165) is 11.3 Å². The second-order valence-electron chi connectivity index (χ2n) is 8.21. The molecule has 1 N–H and O–H groups in total. The van der Waals surface area contributed by atoms with Crippen LogP contribution in [0.25, 0.3) is 0 Å². The topological polar surface area (TPSA) is 95.0 Å². The van der Waals surface area contributed by atoms with E-state index in [4.69, 9.17) is 0 Å². The van der Waals surface area contributed by atoms with Crippen molar-refractivity contribution in [2.75, 3.05) is 18.0 Å². The second kappa shape index (κ2) is 9.12. The molecule has 0 radical (unpaired) electrons. The summed E-state index contributed by atoms with van der Waals surface area (Å²) >= 11 is 2.21. The van der Waals surface area contributed by atoms with Gasteiger partial charge in [-0.15, -0.1) is 22.7 Å². The van der Waals surface area contributed by atoms with E-state index >= 15 is 0 Å². The van der Waals surface area contributed by atoms with Gasteiger partial charge in [-0.3, -0.25) is 4.79 Å². The van der Waals surface area contributed by atoms with Crippen LogP contribution in [0.5, 0.6) is 0 Å². The highest BCUT2D eigenvalue weighted by Crippen LogP contribution is 2.34. The van der Waals surface area contributed by atoms with Crippen LogP contribution >= 0.6 is 22.7 Å². The van der Waals surface area contributed by atoms with Crippen molar-refractivity contribution in [3.8, 4) is 11.8 Å². The summed E-state index contributed by atoms with van der Waals surface area (Å²) in [5.41, 5.74) is 0.0731. The number of nitrogens with zero attached hydrogens (tertiary/aromatic N) is 2. The maximum absolute atomic E-state index is 12.7. The molecule has 0 aromatic carbocycles. The van der Waals surface area contributed by atoms with E-state index < -0.39 is 16.0 Å². The highest BCUT2D eigenvalue weighted by molar-refractivity contribution is 7.91. The zero-order valence-corrected chi connectivity index (χ0v) is 19.9. The lowest BCUT2D eigenvalue weighted by Gasteiger charge is -2.35. The molecule has 0 aliphatic carbocycles. The van der Waals surface area contributed by atoms with Crippen LogP contribution in [-0.4, -0.2) is 49.3 Å². The van der Waals surface area contributed by atoms with Crippen molar-refractivity contribution in [3.63, 3.8) is 0 Å². The number of sulfonamides is 1. The number of hydrogen-bond acceptors (Lipinski definition) is 6. The van der Waals surface area contributed by atoms with Crippen LogP contribution in [0.2, 0.25) is 0 Å². The zero-order valence-electron chi connectivity index (χ0n) is 17.5. The molecular formula is C21H24N2O5S3. The van der Waals surface area contributed by atoms with Gasteiger partial charge >= 0.3 is 5.97 Å². The fourth-order valence-electron chi connectivity index (χ4n) is 3.27. The Morgan fingerprint density at radius 1 is 1.32 bits per heavy atom. The molecule has 3 rings (SSSR count). The number of anilines is 1. The summed E-state index contributed by atoms with van der Waals surface area (Å²) in [6, 6.07) is 4.62. The monoisotopic (exact) mass is 480 g/mol. The molecule has 31 heavy (non-hydrogen) atoms. The Hall–Kier alpha value is -2.19. The predicted molar refractivity (Wildman–Crippen MR) is 122 cm³/mol. The smallest absolute Gasteiger partial charge is 0.348 e. The number of carbonyl (C=O) groups excluding carboxylic acids is 1. The van der Waals surface area contributed by atoms with E-state index in [1.165, 1.54) is 20.5 Å². The van der Waals surface area contributed by atoms with E-state index in [9.17, 15) is 23.1 Å². The molecule has 166 valence electrons. The quantitative estimate of drug-likeness (QED) is 0.502. The van der Waals surface area contributed by atoms with E-state index in [0.29, 0.717) is 34.0 Å². The number of carbonyl (C=O) groups is 2. The van der Waals surface area contributed by atoms with Gasteiger partial charge in [-0.2, -0.15) is 4.31 Å². The molecule has 0 bridgehead atoms. The lowest BCUT2D eigenvalue weighted by Crippen LogP contribution is -2.46. The second-order valence-corrected chi connectivity index (χ2v) is 12.4. The third-order valence-electron chi connectivity index (χ3n) is 4.77. The number of thiophene rings is 2. The minimum atomic E-state index is -3.54. The Morgan fingerprint density at radius 2 is 2.00 bits per heavy atom. The molecule has 0 atom stereocenters. The normalized spacial score (nSPS) is 15.8. The first-order valence-corrected chi connectivity index (χ1v) is 12.8. The van der Waals surface area contributed by atoms with Crippen LogP contribution in [0.3, 0.4) is 0 Å². The van der Waals surface area contributed by atoms with Crippen molar-refractivity contribution in [2.45, 2.75) is 43.9 Å². The van der Waals surface area contributed by atoms with Gasteiger partial charge in [-0.05, 0) is 51.1 Å². The van der Waals surface area contributed by atoms with E-state index in [1.54, 1.807) is 23.6 Å². The standard InChI is InChI=1S/C21H24N2O5S3/c1-21(2,3)9-6-16-13-17(19(30-16)20(25)26)23(14-24)15-7-10-22(11-8-15)31(27,28)18-5-4-12-29-18/h4-5,12-15H,7-8,10-11H2,1-3H3,(H,25,26). The predicted octanol–water partition coefficient (Wildman–Crippen LogP) is 3.72. The number of hydrogen-bond donors (Lipinski definition) is 1. The maximum atomic E-state index is 12.7. The van der Waals surface area contributed by atoms with Gasteiger partial charge in [0.25, 0.3) is 10.0 Å². The molecule has 1 aliphatic heterocycles. The van der Waals surface area contributed by atoms with E-state index in [-0.39, 0.29) is 29.4 Å². The summed E-state index contributed by atoms with van der Waals surface area (Å²) in [4.78, 5) is 25.8. The van der Waals surface area contributed by atoms with Gasteiger partial charge < -0.3 is 10.0 Å². The summed E-state index contributed by atoms with van der Waals surface area (Å²) in [5, 5.41) is 11.4. The van der Waals surface area contributed by atoms with Crippen LogP contribution in [0, 0.1) is 17.3 Å². The first-order chi connectivity index (χ1) is 14.5.